The molecule has 1 heterocycles. The van der Waals surface area contributed by atoms with Crippen LogP contribution in [0.25, 0.3) is 0 Å². The van der Waals surface area contributed by atoms with E-state index in [0.717, 1.165) is 12.1 Å². The Kier molecular flexibility index (Phi) is 5.25. The number of morpholine rings is 1. The summed E-state index contributed by atoms with van der Waals surface area (Å²) in [6.45, 7) is 3.84. The van der Waals surface area contributed by atoms with Crippen molar-refractivity contribution in [2.75, 3.05) is 31.6 Å². The van der Waals surface area contributed by atoms with E-state index in [9.17, 15) is 18.0 Å². The van der Waals surface area contributed by atoms with Crippen molar-refractivity contribution in [3.8, 4) is 0 Å². The monoisotopic (exact) mass is 317 g/mol. The average Bonchev–Trinajstić information content (AvgIpc) is 2.47. The summed E-state index contributed by atoms with van der Waals surface area (Å²) in [6.07, 6.45) is -4.41. The normalized spacial score (nSPS) is 17.8. The average molecular weight is 317 g/mol. The lowest BCUT2D eigenvalue weighted by Crippen LogP contribution is -2.52. The summed E-state index contributed by atoms with van der Waals surface area (Å²) in [5, 5.41) is 4.51. The first-order valence-corrected chi connectivity index (χ1v) is 6.93. The number of halogens is 3. The molecule has 22 heavy (non-hydrogen) atoms. The Balaban J connectivity index is 1.93. The molecular formula is C14H18F3N3O2. The fourth-order valence-electron chi connectivity index (χ4n) is 2.03. The van der Waals surface area contributed by atoms with Crippen LogP contribution in [0.4, 0.5) is 18.9 Å². The van der Waals surface area contributed by atoms with Gasteiger partial charge in [-0.2, -0.15) is 13.2 Å². The largest absolute Gasteiger partial charge is 0.416 e. The summed E-state index contributed by atoms with van der Waals surface area (Å²) in [5.74, 6) is -0.306. The molecule has 8 heteroatoms. The highest BCUT2D eigenvalue weighted by atomic mass is 19.4. The van der Waals surface area contributed by atoms with Crippen molar-refractivity contribution in [2.45, 2.75) is 19.1 Å². The topological polar surface area (TPSA) is 53.6 Å². The number of carbonyl (C=O) groups excluding carboxylic acids is 1. The van der Waals surface area contributed by atoms with E-state index in [1.54, 1.807) is 11.9 Å². The number of nitrogens with one attached hydrogen (secondary N) is 2. The summed E-state index contributed by atoms with van der Waals surface area (Å²) >= 11 is 0. The second kappa shape index (κ2) is 6.97. The zero-order chi connectivity index (χ0) is 16.2. The number of nitrogens with zero attached hydrogens (tertiary/aromatic N) is 1. The first-order valence-electron chi connectivity index (χ1n) is 6.93. The molecule has 2 rings (SSSR count). The molecule has 1 aliphatic rings. The molecule has 0 aliphatic carbocycles. The van der Waals surface area contributed by atoms with Gasteiger partial charge in [0, 0.05) is 18.8 Å². The molecule has 1 aromatic carbocycles. The molecule has 0 bridgehead atoms. The Morgan fingerprint density at radius 1 is 1.32 bits per heavy atom. The quantitative estimate of drug-likeness (QED) is 0.890. The van der Waals surface area contributed by atoms with E-state index >= 15 is 0 Å². The molecule has 5 nitrogen and oxygen atoms in total. The number of ether oxygens (including phenoxy) is 1. The molecule has 0 unspecified atom stereocenters. The van der Waals surface area contributed by atoms with E-state index in [0.29, 0.717) is 26.3 Å². The highest BCUT2D eigenvalue weighted by molar-refractivity contribution is 5.83. The number of hydrogen-bond acceptors (Lipinski definition) is 4. The first kappa shape index (κ1) is 16.6. The molecule has 0 saturated carbocycles. The van der Waals surface area contributed by atoms with Crippen LogP contribution < -0.4 is 10.7 Å². The molecule has 2 N–H and O–H groups in total. The van der Waals surface area contributed by atoms with E-state index in [4.69, 9.17) is 4.74 Å². The Hall–Kier alpha value is -1.80. The lowest BCUT2D eigenvalue weighted by Gasteiger charge is -2.28. The number of hydrogen-bond donors (Lipinski definition) is 2. The van der Waals surface area contributed by atoms with Crippen LogP contribution >= 0.6 is 0 Å². The molecule has 1 atom stereocenters. The van der Waals surface area contributed by atoms with Gasteiger partial charge in [-0.3, -0.25) is 10.2 Å². The lowest BCUT2D eigenvalue weighted by atomic mass is 10.2. The SMILES string of the molecule is C[C@H](Nc1cccc(C(F)(F)F)c1)C(=O)NN1CCOCC1. The van der Waals surface area contributed by atoms with Crippen molar-refractivity contribution >= 4 is 11.6 Å². The minimum atomic E-state index is -4.41. The molecule has 1 fully saturated rings. The van der Waals surface area contributed by atoms with Gasteiger partial charge in [-0.25, -0.2) is 5.01 Å². The Morgan fingerprint density at radius 2 is 2.00 bits per heavy atom. The van der Waals surface area contributed by atoms with Crippen molar-refractivity contribution in [2.24, 2.45) is 0 Å². The maximum Gasteiger partial charge on any atom is 0.416 e. The highest BCUT2D eigenvalue weighted by Crippen LogP contribution is 2.30. The van der Waals surface area contributed by atoms with Gasteiger partial charge in [0.05, 0.1) is 18.8 Å². The summed E-state index contributed by atoms with van der Waals surface area (Å²) in [5.41, 5.74) is 2.21. The maximum absolute atomic E-state index is 12.6. The van der Waals surface area contributed by atoms with Crippen molar-refractivity contribution in [1.82, 2.24) is 10.4 Å². The van der Waals surface area contributed by atoms with Crippen LogP contribution in [0.2, 0.25) is 0 Å². The minimum absolute atomic E-state index is 0.249. The molecule has 0 spiro atoms. The van der Waals surface area contributed by atoms with Gasteiger partial charge in [0.1, 0.15) is 6.04 Å². The van der Waals surface area contributed by atoms with Gasteiger partial charge in [-0.1, -0.05) is 6.07 Å². The standard InChI is InChI=1S/C14H18F3N3O2/c1-10(13(21)19-20-5-7-22-8-6-20)18-12-4-2-3-11(9-12)14(15,16)17/h2-4,9-10,18H,5-8H2,1H3,(H,19,21)/t10-/m0/s1. The van der Waals surface area contributed by atoms with Crippen LogP contribution in [-0.2, 0) is 15.7 Å². The molecule has 122 valence electrons. The second-order valence-corrected chi connectivity index (χ2v) is 5.02. The van der Waals surface area contributed by atoms with E-state index in [2.05, 4.69) is 10.7 Å². The molecule has 1 amide bonds. The van der Waals surface area contributed by atoms with Crippen LogP contribution in [0.3, 0.4) is 0 Å². The molecule has 1 aliphatic heterocycles. The second-order valence-electron chi connectivity index (χ2n) is 5.02. The number of rotatable bonds is 4. The smallest absolute Gasteiger partial charge is 0.379 e. The fourth-order valence-corrected chi connectivity index (χ4v) is 2.03. The summed E-state index contributed by atoms with van der Waals surface area (Å²) in [7, 11) is 0. The summed E-state index contributed by atoms with van der Waals surface area (Å²) in [4.78, 5) is 12.0. The minimum Gasteiger partial charge on any atom is -0.379 e. The van der Waals surface area contributed by atoms with Crippen LogP contribution in [-0.4, -0.2) is 43.3 Å². The first-order chi connectivity index (χ1) is 10.4. The van der Waals surface area contributed by atoms with Crippen molar-refractivity contribution in [1.29, 1.82) is 0 Å². The van der Waals surface area contributed by atoms with Crippen LogP contribution in [0.1, 0.15) is 12.5 Å². The number of carbonyl (C=O) groups is 1. The number of benzene rings is 1. The number of hydrazine groups is 1. The number of anilines is 1. The van der Waals surface area contributed by atoms with Gasteiger partial charge >= 0.3 is 6.18 Å². The zero-order valence-electron chi connectivity index (χ0n) is 12.1. The van der Waals surface area contributed by atoms with Crippen molar-refractivity contribution in [3.05, 3.63) is 29.8 Å². The van der Waals surface area contributed by atoms with Gasteiger partial charge in [-0.05, 0) is 25.1 Å². The van der Waals surface area contributed by atoms with Gasteiger partial charge in [0.2, 0.25) is 0 Å². The predicted molar refractivity (Wildman–Crippen MR) is 75.1 cm³/mol. The maximum atomic E-state index is 12.6. The Labute approximate surface area is 126 Å². The Morgan fingerprint density at radius 3 is 2.64 bits per heavy atom. The van der Waals surface area contributed by atoms with Gasteiger partial charge in [0.15, 0.2) is 0 Å². The van der Waals surface area contributed by atoms with E-state index in [-0.39, 0.29) is 11.6 Å². The van der Waals surface area contributed by atoms with Crippen LogP contribution in [0, 0.1) is 0 Å². The molecular weight excluding hydrogens is 299 g/mol. The molecule has 1 aromatic rings. The lowest BCUT2D eigenvalue weighted by molar-refractivity contribution is -0.137. The van der Waals surface area contributed by atoms with Crippen molar-refractivity contribution in [3.63, 3.8) is 0 Å². The molecule has 1 saturated heterocycles. The van der Waals surface area contributed by atoms with Crippen LogP contribution in [0.5, 0.6) is 0 Å². The fraction of sp³-hybridized carbons (Fsp3) is 0.500. The van der Waals surface area contributed by atoms with Gasteiger partial charge in [0.25, 0.3) is 5.91 Å². The zero-order valence-corrected chi connectivity index (χ0v) is 12.1. The predicted octanol–water partition coefficient (Wildman–Crippen LogP) is 1.87. The van der Waals surface area contributed by atoms with E-state index < -0.39 is 17.8 Å². The molecule has 0 radical (unpaired) electrons. The van der Waals surface area contributed by atoms with E-state index in [1.807, 2.05) is 0 Å². The van der Waals surface area contributed by atoms with Crippen molar-refractivity contribution < 1.29 is 22.7 Å². The third-order valence-corrected chi connectivity index (χ3v) is 3.25. The third kappa shape index (κ3) is 4.60. The number of alkyl halides is 3. The van der Waals surface area contributed by atoms with E-state index in [1.165, 1.54) is 12.1 Å². The van der Waals surface area contributed by atoms with Crippen LogP contribution in [0.15, 0.2) is 24.3 Å². The summed E-state index contributed by atoms with van der Waals surface area (Å²) in [6, 6.07) is 4.11. The Bertz CT molecular complexity index is 516. The number of amides is 1. The summed E-state index contributed by atoms with van der Waals surface area (Å²) < 4.78 is 43.1. The third-order valence-electron chi connectivity index (χ3n) is 3.25. The van der Waals surface area contributed by atoms with Gasteiger partial charge < -0.3 is 10.1 Å². The van der Waals surface area contributed by atoms with Gasteiger partial charge in [-0.15, -0.1) is 0 Å². The molecule has 0 aromatic heterocycles. The highest BCUT2D eigenvalue weighted by Gasteiger charge is 2.30.